The first-order valence-corrected chi connectivity index (χ1v) is 8.44. The largest absolute Gasteiger partial charge is 0.497 e. The quantitative estimate of drug-likeness (QED) is 0.802. The molecule has 1 heterocycles. The molecule has 1 N–H and O–H groups in total. The molecule has 1 spiro atoms. The molecule has 1 saturated carbocycles. The molecular formula is C19H23NO5. The Morgan fingerprint density at radius 3 is 2.68 bits per heavy atom. The summed E-state index contributed by atoms with van der Waals surface area (Å²) < 4.78 is 10.8. The number of nitrogens with zero attached hydrogens (tertiary/aromatic N) is 1. The van der Waals surface area contributed by atoms with Crippen LogP contribution in [0.5, 0.6) is 11.5 Å². The Labute approximate surface area is 147 Å². The summed E-state index contributed by atoms with van der Waals surface area (Å²) in [5.41, 5.74) is 0.397. The van der Waals surface area contributed by atoms with Gasteiger partial charge >= 0.3 is 5.97 Å². The molecule has 2 fully saturated rings. The van der Waals surface area contributed by atoms with Crippen molar-refractivity contribution in [3.63, 3.8) is 0 Å². The van der Waals surface area contributed by atoms with Crippen molar-refractivity contribution in [2.75, 3.05) is 26.8 Å². The maximum Gasteiger partial charge on any atom is 0.307 e. The summed E-state index contributed by atoms with van der Waals surface area (Å²) in [7, 11) is 1.56. The minimum Gasteiger partial charge on any atom is -0.497 e. The average Bonchev–Trinajstić information content (AvgIpc) is 3.33. The van der Waals surface area contributed by atoms with Crippen LogP contribution in [0, 0.1) is 11.3 Å². The Bertz CT molecular complexity index is 691. The number of hydrogen-bond donors (Lipinski definition) is 1. The number of ether oxygens (including phenoxy) is 2. The number of carbonyl (C=O) groups is 2. The van der Waals surface area contributed by atoms with Crippen LogP contribution in [-0.2, 0) is 4.79 Å². The van der Waals surface area contributed by atoms with Crippen molar-refractivity contribution in [2.24, 2.45) is 11.3 Å². The lowest BCUT2D eigenvalue weighted by molar-refractivity contribution is -0.139. The fourth-order valence-electron chi connectivity index (χ4n) is 3.65. The summed E-state index contributed by atoms with van der Waals surface area (Å²) in [6, 6.07) is 5.14. The van der Waals surface area contributed by atoms with E-state index in [0.29, 0.717) is 36.8 Å². The van der Waals surface area contributed by atoms with Crippen molar-refractivity contribution >= 4 is 11.9 Å². The van der Waals surface area contributed by atoms with Gasteiger partial charge in [0.15, 0.2) is 0 Å². The number of carbonyl (C=O) groups excluding carboxylic acids is 1. The molecule has 6 nitrogen and oxygen atoms in total. The lowest BCUT2D eigenvalue weighted by atomic mass is 9.90. The van der Waals surface area contributed by atoms with E-state index < -0.39 is 5.97 Å². The van der Waals surface area contributed by atoms with Gasteiger partial charge in [0.25, 0.3) is 5.91 Å². The molecule has 2 aliphatic rings. The van der Waals surface area contributed by atoms with Crippen LogP contribution in [0.4, 0.5) is 0 Å². The van der Waals surface area contributed by atoms with E-state index in [1.807, 2.05) is 0 Å². The molecule has 1 saturated heterocycles. The number of rotatable bonds is 6. The van der Waals surface area contributed by atoms with Gasteiger partial charge in [-0.2, -0.15) is 0 Å². The van der Waals surface area contributed by atoms with Crippen LogP contribution in [0.1, 0.15) is 29.6 Å². The van der Waals surface area contributed by atoms with Gasteiger partial charge in [-0.25, -0.2) is 0 Å². The number of carboxylic acids is 1. The van der Waals surface area contributed by atoms with E-state index in [-0.39, 0.29) is 17.2 Å². The van der Waals surface area contributed by atoms with Crippen LogP contribution < -0.4 is 9.47 Å². The van der Waals surface area contributed by atoms with Gasteiger partial charge in [-0.1, -0.05) is 12.7 Å². The van der Waals surface area contributed by atoms with Gasteiger partial charge in [0.05, 0.1) is 18.6 Å². The molecule has 1 aromatic carbocycles. The van der Waals surface area contributed by atoms with Crippen molar-refractivity contribution in [3.05, 3.63) is 36.4 Å². The fraction of sp³-hybridized carbons (Fsp3) is 0.474. The van der Waals surface area contributed by atoms with E-state index in [1.54, 1.807) is 36.3 Å². The van der Waals surface area contributed by atoms with Crippen LogP contribution in [0.25, 0.3) is 0 Å². The van der Waals surface area contributed by atoms with E-state index in [0.717, 1.165) is 19.3 Å². The minimum atomic E-state index is -0.713. The van der Waals surface area contributed by atoms with Crippen LogP contribution in [0.2, 0.25) is 0 Å². The van der Waals surface area contributed by atoms with Crippen molar-refractivity contribution < 1.29 is 24.2 Å². The highest BCUT2D eigenvalue weighted by molar-refractivity contribution is 5.97. The number of hydrogen-bond acceptors (Lipinski definition) is 4. The first-order valence-electron chi connectivity index (χ1n) is 8.44. The Balaban J connectivity index is 1.71. The highest BCUT2D eigenvalue weighted by Gasteiger charge is 2.59. The molecule has 1 aliphatic carbocycles. The lowest BCUT2D eigenvalue weighted by Crippen LogP contribution is -2.40. The lowest BCUT2D eigenvalue weighted by Gasteiger charge is -2.33. The number of likely N-dealkylation sites (tertiary alicyclic amines) is 1. The van der Waals surface area contributed by atoms with E-state index >= 15 is 0 Å². The van der Waals surface area contributed by atoms with E-state index in [2.05, 4.69) is 6.58 Å². The highest BCUT2D eigenvalue weighted by atomic mass is 16.5. The number of benzene rings is 1. The van der Waals surface area contributed by atoms with Crippen molar-refractivity contribution in [1.29, 1.82) is 0 Å². The second kappa shape index (κ2) is 6.78. The summed E-state index contributed by atoms with van der Waals surface area (Å²) in [5.74, 6) is 0.0474. The molecule has 25 heavy (non-hydrogen) atoms. The van der Waals surface area contributed by atoms with E-state index in [9.17, 15) is 14.7 Å². The summed E-state index contributed by atoms with van der Waals surface area (Å²) in [5, 5.41) is 9.17. The molecule has 1 amide bonds. The third-order valence-corrected chi connectivity index (χ3v) is 5.31. The summed E-state index contributed by atoms with van der Waals surface area (Å²) in [6.45, 7) is 5.09. The Morgan fingerprint density at radius 1 is 1.40 bits per heavy atom. The first kappa shape index (κ1) is 17.3. The standard InChI is InChI=1S/C19H23NO5/c1-3-10-25-16-11-13(24-2)4-5-14(16)17(21)20-8-6-19(7-9-20)12-15(19)18(22)23/h3-5,11,15H,1,6-10,12H2,2H3,(H,22,23). The number of carboxylic acid groups (broad SMARTS) is 1. The Hall–Kier alpha value is -2.50. The van der Waals surface area contributed by atoms with Crippen LogP contribution in [-0.4, -0.2) is 48.7 Å². The van der Waals surface area contributed by atoms with Crippen LogP contribution in [0.15, 0.2) is 30.9 Å². The number of amides is 1. The molecule has 0 radical (unpaired) electrons. The maximum absolute atomic E-state index is 12.9. The van der Waals surface area contributed by atoms with Gasteiger partial charge in [-0.3, -0.25) is 9.59 Å². The molecule has 1 aliphatic heterocycles. The zero-order valence-corrected chi connectivity index (χ0v) is 14.4. The zero-order chi connectivity index (χ0) is 18.0. The number of aliphatic carboxylic acids is 1. The summed E-state index contributed by atoms with van der Waals surface area (Å²) >= 11 is 0. The van der Waals surface area contributed by atoms with E-state index in [1.165, 1.54) is 0 Å². The second-order valence-corrected chi connectivity index (χ2v) is 6.71. The average molecular weight is 345 g/mol. The maximum atomic E-state index is 12.9. The third kappa shape index (κ3) is 3.34. The molecule has 1 unspecified atom stereocenters. The third-order valence-electron chi connectivity index (χ3n) is 5.31. The van der Waals surface area contributed by atoms with Gasteiger partial charge in [-0.05, 0) is 36.8 Å². The smallest absolute Gasteiger partial charge is 0.307 e. The molecule has 3 rings (SSSR count). The molecule has 6 heteroatoms. The Kier molecular flexibility index (Phi) is 4.70. The second-order valence-electron chi connectivity index (χ2n) is 6.71. The monoisotopic (exact) mass is 345 g/mol. The van der Waals surface area contributed by atoms with Crippen molar-refractivity contribution in [2.45, 2.75) is 19.3 Å². The molecule has 1 aromatic rings. The topological polar surface area (TPSA) is 76.1 Å². The van der Waals surface area contributed by atoms with Crippen LogP contribution >= 0.6 is 0 Å². The fourth-order valence-corrected chi connectivity index (χ4v) is 3.65. The minimum absolute atomic E-state index is 0.0926. The van der Waals surface area contributed by atoms with Crippen LogP contribution in [0.3, 0.4) is 0 Å². The molecule has 134 valence electrons. The zero-order valence-electron chi connectivity index (χ0n) is 14.4. The first-order chi connectivity index (χ1) is 12.0. The predicted octanol–water partition coefficient (Wildman–Crippen LogP) is 2.59. The van der Waals surface area contributed by atoms with Gasteiger partial charge < -0.3 is 19.5 Å². The molecule has 1 atom stereocenters. The van der Waals surface area contributed by atoms with Gasteiger partial charge in [-0.15, -0.1) is 0 Å². The number of piperidine rings is 1. The molecule has 0 aromatic heterocycles. The van der Waals surface area contributed by atoms with E-state index in [4.69, 9.17) is 9.47 Å². The van der Waals surface area contributed by atoms with Crippen molar-refractivity contribution in [3.8, 4) is 11.5 Å². The van der Waals surface area contributed by atoms with Gasteiger partial charge in [0.2, 0.25) is 0 Å². The van der Waals surface area contributed by atoms with Crippen molar-refractivity contribution in [1.82, 2.24) is 4.90 Å². The van der Waals surface area contributed by atoms with Gasteiger partial charge in [0, 0.05) is 19.2 Å². The number of methoxy groups -OCH3 is 1. The normalized spacial score (nSPS) is 20.8. The summed E-state index contributed by atoms with van der Waals surface area (Å²) in [6.07, 6.45) is 3.85. The molecule has 0 bridgehead atoms. The SMILES string of the molecule is C=CCOc1cc(OC)ccc1C(=O)N1CCC2(CC1)CC2C(=O)O. The Morgan fingerprint density at radius 2 is 2.12 bits per heavy atom. The highest BCUT2D eigenvalue weighted by Crippen LogP contribution is 2.59. The molecular weight excluding hydrogens is 322 g/mol. The predicted molar refractivity (Wildman–Crippen MR) is 92.0 cm³/mol. The van der Waals surface area contributed by atoms with Gasteiger partial charge in [0.1, 0.15) is 18.1 Å². The summed E-state index contributed by atoms with van der Waals surface area (Å²) in [4.78, 5) is 25.8.